The predicted molar refractivity (Wildman–Crippen MR) is 80.7 cm³/mol. The van der Waals surface area contributed by atoms with Gasteiger partial charge in [0.15, 0.2) is 5.69 Å². The van der Waals surface area contributed by atoms with Crippen molar-refractivity contribution < 1.29 is 9.90 Å². The normalized spacial score (nSPS) is 20.7. The smallest absolute Gasteiger partial charge is 0.275 e. The predicted octanol–water partition coefficient (Wildman–Crippen LogP) is 2.67. The molecular formula is C14H22BrN3O2. The van der Waals surface area contributed by atoms with Gasteiger partial charge in [-0.1, -0.05) is 13.8 Å². The molecule has 1 aromatic rings. The monoisotopic (exact) mass is 343 g/mol. The number of H-pyrrole nitrogens is 1. The fraction of sp³-hybridized carbons (Fsp3) is 0.714. The van der Waals surface area contributed by atoms with Crippen LogP contribution in [0.2, 0.25) is 0 Å². The molecule has 0 spiro atoms. The summed E-state index contributed by atoms with van der Waals surface area (Å²) in [5, 5.41) is 16.7. The number of likely N-dealkylation sites (tertiary alicyclic amines) is 1. The minimum atomic E-state index is -0.387. The van der Waals surface area contributed by atoms with Gasteiger partial charge in [0.05, 0.1) is 16.3 Å². The number of rotatable bonds is 4. The van der Waals surface area contributed by atoms with Gasteiger partial charge in [-0.15, -0.1) is 0 Å². The highest BCUT2D eigenvalue weighted by Crippen LogP contribution is 2.29. The molecule has 1 fully saturated rings. The van der Waals surface area contributed by atoms with Crippen LogP contribution in [0.1, 0.15) is 62.1 Å². The number of aromatic nitrogens is 2. The number of hydrogen-bond acceptors (Lipinski definition) is 3. The van der Waals surface area contributed by atoms with Crippen molar-refractivity contribution in [2.45, 2.75) is 58.1 Å². The second-order valence-electron chi connectivity index (χ2n) is 5.83. The molecule has 1 aliphatic rings. The Morgan fingerprint density at radius 3 is 2.80 bits per heavy atom. The lowest BCUT2D eigenvalue weighted by molar-refractivity contribution is 0.0675. The van der Waals surface area contributed by atoms with Crippen molar-refractivity contribution in [3.05, 3.63) is 15.9 Å². The Labute approximate surface area is 127 Å². The Hall–Kier alpha value is -0.880. The van der Waals surface area contributed by atoms with Crippen molar-refractivity contribution >= 4 is 21.8 Å². The average Bonchev–Trinajstić information content (AvgIpc) is 2.94. The van der Waals surface area contributed by atoms with Crippen LogP contribution in [0, 0.1) is 0 Å². The van der Waals surface area contributed by atoms with Crippen molar-refractivity contribution in [3.63, 3.8) is 0 Å². The van der Waals surface area contributed by atoms with Crippen LogP contribution in [-0.2, 0) is 0 Å². The molecule has 0 radical (unpaired) electrons. The molecule has 2 unspecified atom stereocenters. The standard InChI is InChI=1S/C14H22BrN3O2/c1-8(2)12-11(15)13(17-16-12)14(20)18-6-4-5-10(18)7-9(3)19/h8-10,19H,4-7H2,1-3H3,(H,16,17). The van der Waals surface area contributed by atoms with Gasteiger partial charge < -0.3 is 10.0 Å². The molecule has 112 valence electrons. The summed E-state index contributed by atoms with van der Waals surface area (Å²) in [7, 11) is 0. The van der Waals surface area contributed by atoms with E-state index in [0.29, 0.717) is 12.1 Å². The highest BCUT2D eigenvalue weighted by molar-refractivity contribution is 9.10. The summed E-state index contributed by atoms with van der Waals surface area (Å²) in [6, 6.07) is 0.119. The van der Waals surface area contributed by atoms with Crippen LogP contribution in [0.4, 0.5) is 0 Å². The number of nitrogens with one attached hydrogen (secondary N) is 1. The van der Waals surface area contributed by atoms with Gasteiger partial charge in [0.1, 0.15) is 0 Å². The summed E-state index contributed by atoms with van der Waals surface area (Å²) >= 11 is 3.48. The van der Waals surface area contributed by atoms with Crippen molar-refractivity contribution in [2.75, 3.05) is 6.54 Å². The van der Waals surface area contributed by atoms with Gasteiger partial charge >= 0.3 is 0 Å². The molecule has 20 heavy (non-hydrogen) atoms. The number of carbonyl (C=O) groups excluding carboxylic acids is 1. The molecule has 2 rings (SSSR count). The van der Waals surface area contributed by atoms with Crippen molar-refractivity contribution in [1.29, 1.82) is 0 Å². The Bertz CT molecular complexity index is 485. The molecule has 1 aliphatic heterocycles. The van der Waals surface area contributed by atoms with Crippen molar-refractivity contribution in [2.24, 2.45) is 0 Å². The molecule has 2 heterocycles. The van der Waals surface area contributed by atoms with E-state index in [1.165, 1.54) is 0 Å². The van der Waals surface area contributed by atoms with Gasteiger partial charge in [-0.3, -0.25) is 9.89 Å². The summed E-state index contributed by atoms with van der Waals surface area (Å²) in [4.78, 5) is 14.5. The van der Waals surface area contributed by atoms with Gasteiger partial charge in [-0.2, -0.15) is 5.10 Å². The maximum Gasteiger partial charge on any atom is 0.275 e. The van der Waals surface area contributed by atoms with E-state index >= 15 is 0 Å². The van der Waals surface area contributed by atoms with Crippen LogP contribution < -0.4 is 0 Å². The van der Waals surface area contributed by atoms with Crippen LogP contribution in [0.5, 0.6) is 0 Å². The number of nitrogens with zero attached hydrogens (tertiary/aromatic N) is 2. The first-order valence-corrected chi connectivity index (χ1v) is 7.94. The molecule has 1 saturated heterocycles. The zero-order chi connectivity index (χ0) is 14.9. The third-order valence-electron chi connectivity index (χ3n) is 3.76. The Balaban J connectivity index is 2.18. The van der Waals surface area contributed by atoms with Gasteiger partial charge in [0.2, 0.25) is 0 Å². The topological polar surface area (TPSA) is 69.2 Å². The van der Waals surface area contributed by atoms with E-state index in [0.717, 1.165) is 29.6 Å². The lowest BCUT2D eigenvalue weighted by atomic mass is 10.1. The summed E-state index contributed by atoms with van der Waals surface area (Å²) in [5.41, 5.74) is 1.39. The molecule has 2 atom stereocenters. The molecule has 0 aromatic carbocycles. The lowest BCUT2D eigenvalue weighted by Crippen LogP contribution is -2.37. The fourth-order valence-corrected chi connectivity index (χ4v) is 3.55. The number of hydrogen-bond donors (Lipinski definition) is 2. The van der Waals surface area contributed by atoms with E-state index in [4.69, 9.17) is 0 Å². The van der Waals surface area contributed by atoms with E-state index in [1.807, 2.05) is 4.90 Å². The van der Waals surface area contributed by atoms with E-state index in [1.54, 1.807) is 6.92 Å². The van der Waals surface area contributed by atoms with Crippen LogP contribution in [0.15, 0.2) is 4.47 Å². The zero-order valence-corrected chi connectivity index (χ0v) is 13.8. The highest BCUT2D eigenvalue weighted by atomic mass is 79.9. The first-order valence-electron chi connectivity index (χ1n) is 7.14. The number of aliphatic hydroxyl groups excluding tert-OH is 1. The van der Waals surface area contributed by atoms with Crippen LogP contribution in [-0.4, -0.2) is 44.8 Å². The Morgan fingerprint density at radius 1 is 1.55 bits per heavy atom. The van der Waals surface area contributed by atoms with Crippen LogP contribution in [0.25, 0.3) is 0 Å². The van der Waals surface area contributed by atoms with Gasteiger partial charge in [0, 0.05) is 12.6 Å². The number of amides is 1. The molecule has 0 bridgehead atoms. The van der Waals surface area contributed by atoms with E-state index in [-0.39, 0.29) is 24.0 Å². The van der Waals surface area contributed by atoms with Gasteiger partial charge in [-0.25, -0.2) is 0 Å². The third kappa shape index (κ3) is 3.06. The molecule has 1 aromatic heterocycles. The van der Waals surface area contributed by atoms with Crippen molar-refractivity contribution in [3.8, 4) is 0 Å². The van der Waals surface area contributed by atoms with Crippen molar-refractivity contribution in [1.82, 2.24) is 15.1 Å². The van der Waals surface area contributed by atoms with Gasteiger partial charge in [-0.05, 0) is 48.0 Å². The largest absolute Gasteiger partial charge is 0.393 e. The molecule has 5 nitrogen and oxygen atoms in total. The molecule has 2 N–H and O–H groups in total. The summed E-state index contributed by atoms with van der Waals surface area (Å²) in [6.45, 7) is 6.62. The Morgan fingerprint density at radius 2 is 2.25 bits per heavy atom. The SMILES string of the molecule is CC(O)CC1CCCN1C(=O)c1n[nH]c(C(C)C)c1Br. The maximum absolute atomic E-state index is 12.6. The molecule has 1 amide bonds. The number of halogens is 1. The second kappa shape index (κ2) is 6.26. The summed E-state index contributed by atoms with van der Waals surface area (Å²) < 4.78 is 0.764. The zero-order valence-electron chi connectivity index (χ0n) is 12.2. The Kier molecular flexibility index (Phi) is 4.86. The van der Waals surface area contributed by atoms with E-state index < -0.39 is 0 Å². The lowest BCUT2D eigenvalue weighted by Gasteiger charge is -2.25. The number of carbonyl (C=O) groups is 1. The maximum atomic E-state index is 12.6. The molecule has 0 saturated carbocycles. The summed E-state index contributed by atoms with van der Waals surface area (Å²) in [5.74, 6) is 0.230. The minimum Gasteiger partial charge on any atom is -0.393 e. The molecule has 0 aliphatic carbocycles. The van der Waals surface area contributed by atoms with Crippen LogP contribution >= 0.6 is 15.9 Å². The number of aromatic amines is 1. The van der Waals surface area contributed by atoms with Crippen LogP contribution in [0.3, 0.4) is 0 Å². The first kappa shape index (κ1) is 15.5. The average molecular weight is 344 g/mol. The highest BCUT2D eigenvalue weighted by Gasteiger charge is 2.33. The van der Waals surface area contributed by atoms with E-state index in [9.17, 15) is 9.90 Å². The molecular weight excluding hydrogens is 322 g/mol. The number of aliphatic hydroxyl groups is 1. The summed E-state index contributed by atoms with van der Waals surface area (Å²) in [6.07, 6.45) is 2.19. The second-order valence-corrected chi connectivity index (χ2v) is 6.63. The van der Waals surface area contributed by atoms with E-state index in [2.05, 4.69) is 40.0 Å². The minimum absolute atomic E-state index is 0.0526. The van der Waals surface area contributed by atoms with Gasteiger partial charge in [0.25, 0.3) is 5.91 Å². The first-order chi connectivity index (χ1) is 9.41. The fourth-order valence-electron chi connectivity index (χ4n) is 2.74. The third-order valence-corrected chi connectivity index (χ3v) is 4.57. The molecule has 6 heteroatoms. The quantitative estimate of drug-likeness (QED) is 0.882.